The van der Waals surface area contributed by atoms with E-state index in [9.17, 15) is 13.6 Å². The Morgan fingerprint density at radius 2 is 2.00 bits per heavy atom. The summed E-state index contributed by atoms with van der Waals surface area (Å²) >= 11 is 6.73. The van der Waals surface area contributed by atoms with Crippen molar-refractivity contribution in [2.24, 2.45) is 0 Å². The van der Waals surface area contributed by atoms with E-state index in [0.717, 1.165) is 28.7 Å². The molecule has 5 nitrogen and oxygen atoms in total. The van der Waals surface area contributed by atoms with Gasteiger partial charge in [0.1, 0.15) is 5.69 Å². The van der Waals surface area contributed by atoms with Gasteiger partial charge in [-0.2, -0.15) is 13.9 Å². The molecule has 0 saturated carbocycles. The van der Waals surface area contributed by atoms with Crippen molar-refractivity contribution in [1.29, 1.82) is 0 Å². The first kappa shape index (κ1) is 19.3. The molecule has 0 aliphatic carbocycles. The second-order valence-corrected chi connectivity index (χ2v) is 8.57. The zero-order chi connectivity index (χ0) is 20.1. The molecule has 1 aliphatic rings. The van der Waals surface area contributed by atoms with Crippen molar-refractivity contribution in [2.75, 3.05) is 0 Å². The molecule has 148 valence electrons. The highest BCUT2D eigenvalue weighted by Crippen LogP contribution is 2.35. The third kappa shape index (κ3) is 3.39. The zero-order valence-electron chi connectivity index (χ0n) is 15.4. The van der Waals surface area contributed by atoms with Crippen LogP contribution in [0.3, 0.4) is 0 Å². The molecule has 0 aromatic carbocycles. The first-order valence-corrected chi connectivity index (χ1v) is 10.4. The van der Waals surface area contributed by atoms with Gasteiger partial charge in [0.25, 0.3) is 5.91 Å². The van der Waals surface area contributed by atoms with Crippen LogP contribution < -0.4 is 0 Å². The summed E-state index contributed by atoms with van der Waals surface area (Å²) in [7, 11) is 0. The van der Waals surface area contributed by atoms with Gasteiger partial charge < -0.3 is 4.90 Å². The van der Waals surface area contributed by atoms with E-state index in [2.05, 4.69) is 10.1 Å². The van der Waals surface area contributed by atoms with E-state index in [1.165, 1.54) is 23.5 Å². The highest BCUT2D eigenvalue weighted by Gasteiger charge is 2.35. The number of aromatic nitrogens is 3. The monoisotopic (exact) mass is 424 g/mol. The van der Waals surface area contributed by atoms with Crippen LogP contribution in [0.25, 0.3) is 16.2 Å². The second kappa shape index (κ2) is 7.08. The van der Waals surface area contributed by atoms with Crippen LogP contribution >= 0.6 is 22.9 Å². The lowest BCUT2D eigenvalue weighted by Gasteiger charge is -2.38. The van der Waals surface area contributed by atoms with Crippen molar-refractivity contribution in [3.05, 3.63) is 41.0 Å². The Balaban J connectivity index is 1.83. The van der Waals surface area contributed by atoms with Crippen molar-refractivity contribution in [2.45, 2.75) is 50.6 Å². The molecule has 0 N–H and O–H groups in total. The van der Waals surface area contributed by atoms with E-state index in [0.29, 0.717) is 5.69 Å². The molecule has 3 aromatic rings. The van der Waals surface area contributed by atoms with Gasteiger partial charge in [0.15, 0.2) is 11.3 Å². The molecule has 1 fully saturated rings. The van der Waals surface area contributed by atoms with Crippen LogP contribution in [0.5, 0.6) is 0 Å². The summed E-state index contributed by atoms with van der Waals surface area (Å²) in [6, 6.07) is 6.43. The minimum absolute atomic E-state index is 0.0737. The van der Waals surface area contributed by atoms with Crippen molar-refractivity contribution in [3.8, 4) is 10.6 Å². The lowest BCUT2D eigenvalue weighted by molar-refractivity contribution is 0.0502. The molecule has 1 aliphatic heterocycles. The Hall–Kier alpha value is -2.06. The molecule has 1 saturated heterocycles. The number of amides is 1. The number of alkyl halides is 3. The van der Waals surface area contributed by atoms with Crippen LogP contribution in [0, 0.1) is 0 Å². The van der Waals surface area contributed by atoms with Crippen LogP contribution in [-0.2, 0) is 5.38 Å². The third-order valence-electron chi connectivity index (χ3n) is 5.14. The summed E-state index contributed by atoms with van der Waals surface area (Å²) in [5.41, 5.74) is 0.123. The van der Waals surface area contributed by atoms with E-state index in [4.69, 9.17) is 11.6 Å². The minimum Gasteiger partial charge on any atom is -0.332 e. The van der Waals surface area contributed by atoms with Gasteiger partial charge in [0.2, 0.25) is 0 Å². The number of halogens is 3. The van der Waals surface area contributed by atoms with Gasteiger partial charge in [0, 0.05) is 18.2 Å². The maximum atomic E-state index is 14.1. The number of hydrogen-bond donors (Lipinski definition) is 0. The third-order valence-corrected chi connectivity index (χ3v) is 6.22. The SMILES string of the molecule is C[C@H]1CCC[C@H](C)N1C(=O)c1cc2nc(-c3cccs3)cc(C(F)(F)Cl)n2n1. The molecule has 9 heteroatoms. The topological polar surface area (TPSA) is 50.5 Å². The molecule has 0 spiro atoms. The highest BCUT2D eigenvalue weighted by molar-refractivity contribution is 7.13. The van der Waals surface area contributed by atoms with Crippen LogP contribution in [0.2, 0.25) is 0 Å². The fraction of sp³-hybridized carbons (Fsp3) is 0.421. The average Bonchev–Trinajstić information content (AvgIpc) is 3.29. The smallest absolute Gasteiger partial charge is 0.332 e. The molecule has 1 amide bonds. The molecule has 2 atom stereocenters. The normalized spacial score (nSPS) is 20.7. The molecule has 3 aromatic heterocycles. The van der Waals surface area contributed by atoms with Gasteiger partial charge in [0.05, 0.1) is 10.6 Å². The summed E-state index contributed by atoms with van der Waals surface area (Å²) in [5, 5.41) is 2.34. The lowest BCUT2D eigenvalue weighted by atomic mass is 9.97. The largest absolute Gasteiger partial charge is 0.364 e. The quantitative estimate of drug-likeness (QED) is 0.546. The van der Waals surface area contributed by atoms with Gasteiger partial charge in [-0.15, -0.1) is 11.3 Å². The van der Waals surface area contributed by atoms with E-state index < -0.39 is 11.1 Å². The number of hydrogen-bond acceptors (Lipinski definition) is 4. The first-order chi connectivity index (χ1) is 13.3. The van der Waals surface area contributed by atoms with Gasteiger partial charge in [-0.3, -0.25) is 4.79 Å². The van der Waals surface area contributed by atoms with Crippen LogP contribution in [0.4, 0.5) is 8.78 Å². The molecular weight excluding hydrogens is 406 g/mol. The molecular formula is C19H19ClF2N4OS. The number of carbonyl (C=O) groups is 1. The number of carbonyl (C=O) groups excluding carboxylic acids is 1. The Kier molecular flexibility index (Phi) is 4.87. The van der Waals surface area contributed by atoms with Crippen molar-refractivity contribution in [1.82, 2.24) is 19.5 Å². The standard InChI is InChI=1S/C19H19ClF2N4OS/c1-11-5-3-6-12(2)25(11)18(27)14-10-17-23-13(15-7-4-8-28-15)9-16(19(20,21)22)26(17)24-14/h4,7-12H,3,5-6H2,1-2H3/t11-,12-/m0/s1. The lowest BCUT2D eigenvalue weighted by Crippen LogP contribution is -2.47. The Morgan fingerprint density at radius 1 is 1.29 bits per heavy atom. The number of likely N-dealkylation sites (tertiary alicyclic amines) is 1. The second-order valence-electron chi connectivity index (χ2n) is 7.14. The van der Waals surface area contributed by atoms with E-state index in [-0.39, 0.29) is 29.3 Å². The number of thiophene rings is 1. The molecule has 28 heavy (non-hydrogen) atoms. The summed E-state index contributed by atoms with van der Waals surface area (Å²) in [6.45, 7) is 3.99. The van der Waals surface area contributed by atoms with Crippen molar-refractivity contribution < 1.29 is 13.6 Å². The fourth-order valence-electron chi connectivity index (χ4n) is 3.79. The van der Waals surface area contributed by atoms with E-state index in [1.54, 1.807) is 11.0 Å². The van der Waals surface area contributed by atoms with Crippen molar-refractivity contribution in [3.63, 3.8) is 0 Å². The van der Waals surface area contributed by atoms with Crippen molar-refractivity contribution >= 4 is 34.5 Å². The number of fused-ring (bicyclic) bond motifs is 1. The van der Waals surface area contributed by atoms with Crippen LogP contribution in [0.15, 0.2) is 29.6 Å². The van der Waals surface area contributed by atoms with E-state index in [1.807, 2.05) is 25.3 Å². The Labute approximate surface area is 169 Å². The van der Waals surface area contributed by atoms with Crippen LogP contribution in [0.1, 0.15) is 49.3 Å². The van der Waals surface area contributed by atoms with Crippen LogP contribution in [-0.4, -0.2) is 37.5 Å². The maximum Gasteiger partial charge on any atom is 0.364 e. The zero-order valence-corrected chi connectivity index (χ0v) is 17.0. The molecule has 4 heterocycles. The number of nitrogens with zero attached hydrogens (tertiary/aromatic N) is 4. The molecule has 0 unspecified atom stereocenters. The van der Waals surface area contributed by atoms with Gasteiger partial charge in [-0.05, 0) is 62.2 Å². The fourth-order valence-corrected chi connectivity index (χ4v) is 4.61. The van der Waals surface area contributed by atoms with Gasteiger partial charge in [-0.1, -0.05) is 6.07 Å². The maximum absolute atomic E-state index is 14.1. The Bertz CT molecular complexity index is 1010. The summed E-state index contributed by atoms with van der Waals surface area (Å²) in [6.07, 6.45) is 2.89. The van der Waals surface area contributed by atoms with Gasteiger partial charge >= 0.3 is 5.38 Å². The molecule has 0 radical (unpaired) electrons. The van der Waals surface area contributed by atoms with Gasteiger partial charge in [-0.25, -0.2) is 9.50 Å². The summed E-state index contributed by atoms with van der Waals surface area (Å²) in [4.78, 5) is 20.0. The number of rotatable bonds is 3. The first-order valence-electron chi connectivity index (χ1n) is 9.10. The Morgan fingerprint density at radius 3 is 2.61 bits per heavy atom. The predicted octanol–water partition coefficient (Wildman–Crippen LogP) is 5.15. The average molecular weight is 425 g/mol. The highest BCUT2D eigenvalue weighted by atomic mass is 35.5. The number of piperidine rings is 1. The summed E-state index contributed by atoms with van der Waals surface area (Å²) < 4.78 is 29.1. The summed E-state index contributed by atoms with van der Waals surface area (Å²) in [5.74, 6) is -0.272. The molecule has 4 rings (SSSR count). The van der Waals surface area contributed by atoms with E-state index >= 15 is 0 Å². The minimum atomic E-state index is -3.65. The molecule has 0 bridgehead atoms. The predicted molar refractivity (Wildman–Crippen MR) is 105 cm³/mol.